The molecule has 0 atom stereocenters. The summed E-state index contributed by atoms with van der Waals surface area (Å²) in [4.78, 5) is 30.6. The third kappa shape index (κ3) is 3.30. The van der Waals surface area contributed by atoms with Crippen LogP contribution in [0.5, 0.6) is 0 Å². The topological polar surface area (TPSA) is 124 Å². The van der Waals surface area contributed by atoms with Crippen LogP contribution in [0.2, 0.25) is 0 Å². The van der Waals surface area contributed by atoms with Crippen molar-refractivity contribution in [3.8, 4) is 0 Å². The number of H-pyrrole nitrogens is 1. The molecule has 1 heterocycles. The first-order chi connectivity index (χ1) is 11.5. The zero-order valence-electron chi connectivity index (χ0n) is 13.2. The summed E-state index contributed by atoms with van der Waals surface area (Å²) in [6.45, 7) is 2.72. The van der Waals surface area contributed by atoms with E-state index in [1.807, 2.05) is 11.8 Å². The van der Waals surface area contributed by atoms with E-state index in [2.05, 4.69) is 15.3 Å². The maximum Gasteiger partial charge on any atom is 0.317 e. The van der Waals surface area contributed by atoms with Gasteiger partial charge in [-0.15, -0.1) is 0 Å². The lowest BCUT2D eigenvalue weighted by Gasteiger charge is -2.42. The van der Waals surface area contributed by atoms with Gasteiger partial charge in [-0.05, 0) is 25.5 Å². The molecule has 3 rings (SSSR count). The van der Waals surface area contributed by atoms with Crippen molar-refractivity contribution >= 4 is 28.6 Å². The van der Waals surface area contributed by atoms with Crippen LogP contribution >= 0.6 is 0 Å². The van der Waals surface area contributed by atoms with Gasteiger partial charge in [0.25, 0.3) is 5.69 Å². The molecular weight excluding hydrogens is 314 g/mol. The standard InChI is InChI=1S/C15H19N5O4/c1-2-19(8-14(21)22)11-5-9(6-11)16-15-17-12-4-3-10(20(23)24)7-13(12)18-15/h3-4,7,9,11H,2,5-6,8H2,1H3,(H,21,22)(H2,16,17,18). The molecule has 128 valence electrons. The molecule has 0 unspecified atom stereocenters. The Hall–Kier alpha value is -2.68. The van der Waals surface area contributed by atoms with Crippen LogP contribution in [0, 0.1) is 10.1 Å². The fourth-order valence-electron chi connectivity index (χ4n) is 3.05. The number of likely N-dealkylation sites (N-methyl/N-ethyl adjacent to an activating group) is 1. The monoisotopic (exact) mass is 333 g/mol. The summed E-state index contributed by atoms with van der Waals surface area (Å²) in [5.41, 5.74) is 1.30. The highest BCUT2D eigenvalue weighted by molar-refractivity contribution is 5.80. The minimum atomic E-state index is -0.813. The van der Waals surface area contributed by atoms with Crippen molar-refractivity contribution in [3.05, 3.63) is 28.3 Å². The van der Waals surface area contributed by atoms with E-state index in [-0.39, 0.29) is 24.3 Å². The summed E-state index contributed by atoms with van der Waals surface area (Å²) >= 11 is 0. The Morgan fingerprint density at radius 3 is 2.92 bits per heavy atom. The largest absolute Gasteiger partial charge is 0.480 e. The van der Waals surface area contributed by atoms with Gasteiger partial charge in [-0.3, -0.25) is 19.8 Å². The normalized spacial score (nSPS) is 20.1. The first-order valence-corrected chi connectivity index (χ1v) is 7.82. The first kappa shape index (κ1) is 16.2. The van der Waals surface area contributed by atoms with Gasteiger partial charge in [-0.25, -0.2) is 4.98 Å². The van der Waals surface area contributed by atoms with Crippen molar-refractivity contribution in [1.29, 1.82) is 0 Å². The molecule has 3 N–H and O–H groups in total. The van der Waals surface area contributed by atoms with Crippen molar-refractivity contribution < 1.29 is 14.8 Å². The number of carboxylic acid groups (broad SMARTS) is 1. The number of hydrogen-bond acceptors (Lipinski definition) is 6. The molecule has 9 nitrogen and oxygen atoms in total. The molecule has 1 aliphatic carbocycles. The van der Waals surface area contributed by atoms with Gasteiger partial charge < -0.3 is 15.4 Å². The zero-order chi connectivity index (χ0) is 17.3. The maximum absolute atomic E-state index is 10.8. The molecule has 0 radical (unpaired) electrons. The van der Waals surface area contributed by atoms with Crippen LogP contribution in [0.3, 0.4) is 0 Å². The van der Waals surface area contributed by atoms with E-state index in [1.54, 1.807) is 6.07 Å². The molecule has 0 saturated heterocycles. The Balaban J connectivity index is 1.61. The summed E-state index contributed by atoms with van der Waals surface area (Å²) in [7, 11) is 0. The lowest BCUT2D eigenvalue weighted by Crippen LogP contribution is -2.51. The molecule has 1 fully saturated rings. The summed E-state index contributed by atoms with van der Waals surface area (Å²) < 4.78 is 0. The van der Waals surface area contributed by atoms with Gasteiger partial charge in [-0.2, -0.15) is 0 Å². The number of nitrogens with one attached hydrogen (secondary N) is 2. The number of anilines is 1. The van der Waals surface area contributed by atoms with E-state index in [4.69, 9.17) is 5.11 Å². The van der Waals surface area contributed by atoms with Crippen molar-refractivity contribution in [2.75, 3.05) is 18.4 Å². The van der Waals surface area contributed by atoms with Crippen molar-refractivity contribution in [1.82, 2.24) is 14.9 Å². The van der Waals surface area contributed by atoms with Crippen molar-refractivity contribution in [3.63, 3.8) is 0 Å². The minimum absolute atomic E-state index is 0.0219. The average molecular weight is 333 g/mol. The van der Waals surface area contributed by atoms with Crippen LogP contribution in [0.25, 0.3) is 11.0 Å². The number of benzene rings is 1. The number of aliphatic carboxylic acids is 1. The molecule has 1 aliphatic rings. The van der Waals surface area contributed by atoms with Gasteiger partial charge in [-0.1, -0.05) is 6.92 Å². The number of nitrogens with zero attached hydrogens (tertiary/aromatic N) is 3. The number of nitro groups is 1. The minimum Gasteiger partial charge on any atom is -0.480 e. The van der Waals surface area contributed by atoms with Gasteiger partial charge in [0.15, 0.2) is 0 Å². The Kier molecular flexibility index (Phi) is 4.34. The highest BCUT2D eigenvalue weighted by Gasteiger charge is 2.34. The van der Waals surface area contributed by atoms with E-state index in [0.717, 1.165) is 12.8 Å². The van der Waals surface area contributed by atoms with E-state index in [1.165, 1.54) is 12.1 Å². The zero-order valence-corrected chi connectivity index (χ0v) is 13.2. The molecule has 0 spiro atoms. The summed E-state index contributed by atoms with van der Waals surface area (Å²) in [5.74, 6) is -0.234. The van der Waals surface area contributed by atoms with Crippen LogP contribution < -0.4 is 5.32 Å². The molecule has 0 aliphatic heterocycles. The molecule has 2 aromatic rings. The number of aromatic amines is 1. The number of nitro benzene ring substituents is 1. The summed E-state index contributed by atoms with van der Waals surface area (Å²) in [5, 5.41) is 23.0. The lowest BCUT2D eigenvalue weighted by atomic mass is 9.85. The quantitative estimate of drug-likeness (QED) is 0.521. The second-order valence-electron chi connectivity index (χ2n) is 5.97. The maximum atomic E-state index is 10.8. The van der Waals surface area contributed by atoms with Crippen LogP contribution in [0.15, 0.2) is 18.2 Å². The smallest absolute Gasteiger partial charge is 0.317 e. The first-order valence-electron chi connectivity index (χ1n) is 7.82. The van der Waals surface area contributed by atoms with E-state index in [9.17, 15) is 14.9 Å². The fraction of sp³-hybridized carbons (Fsp3) is 0.467. The van der Waals surface area contributed by atoms with Crippen LogP contribution in [0.4, 0.5) is 11.6 Å². The highest BCUT2D eigenvalue weighted by Crippen LogP contribution is 2.29. The molecule has 1 saturated carbocycles. The Morgan fingerprint density at radius 2 is 2.29 bits per heavy atom. The van der Waals surface area contributed by atoms with E-state index in [0.29, 0.717) is 23.5 Å². The number of aromatic nitrogens is 2. The summed E-state index contributed by atoms with van der Waals surface area (Å²) in [6.07, 6.45) is 1.69. The van der Waals surface area contributed by atoms with Crippen LogP contribution in [0.1, 0.15) is 19.8 Å². The molecule has 9 heteroatoms. The average Bonchev–Trinajstić information content (AvgIpc) is 2.89. The molecule has 1 aromatic heterocycles. The van der Waals surface area contributed by atoms with Gasteiger partial charge in [0.05, 0.1) is 22.5 Å². The second kappa shape index (κ2) is 6.44. The SMILES string of the molecule is CCN(CC(=O)O)C1CC(Nc2nc3ccc([N+](=O)[O-])cc3[nH]2)C1. The Morgan fingerprint density at radius 1 is 1.54 bits per heavy atom. The predicted molar refractivity (Wildman–Crippen MR) is 88.1 cm³/mol. The Labute approximate surface area is 137 Å². The number of carboxylic acids is 1. The van der Waals surface area contributed by atoms with E-state index < -0.39 is 10.9 Å². The number of hydrogen-bond donors (Lipinski definition) is 3. The van der Waals surface area contributed by atoms with Crippen molar-refractivity contribution in [2.45, 2.75) is 31.8 Å². The third-order valence-corrected chi connectivity index (χ3v) is 4.39. The number of non-ortho nitro benzene ring substituents is 1. The summed E-state index contributed by atoms with van der Waals surface area (Å²) in [6, 6.07) is 4.98. The molecular formula is C15H19N5O4. The lowest BCUT2D eigenvalue weighted by molar-refractivity contribution is -0.384. The fourth-order valence-corrected chi connectivity index (χ4v) is 3.05. The van der Waals surface area contributed by atoms with Crippen LogP contribution in [-0.2, 0) is 4.79 Å². The number of fused-ring (bicyclic) bond motifs is 1. The number of rotatable bonds is 7. The van der Waals surface area contributed by atoms with Gasteiger partial charge in [0.2, 0.25) is 5.95 Å². The van der Waals surface area contributed by atoms with Gasteiger partial charge in [0, 0.05) is 24.2 Å². The number of carbonyl (C=O) groups is 1. The van der Waals surface area contributed by atoms with Crippen LogP contribution in [-0.4, -0.2) is 56.0 Å². The van der Waals surface area contributed by atoms with Gasteiger partial charge >= 0.3 is 5.97 Å². The number of imidazole rings is 1. The van der Waals surface area contributed by atoms with E-state index >= 15 is 0 Å². The van der Waals surface area contributed by atoms with Gasteiger partial charge in [0.1, 0.15) is 0 Å². The Bertz CT molecular complexity index is 768. The molecule has 24 heavy (non-hydrogen) atoms. The second-order valence-corrected chi connectivity index (χ2v) is 5.97. The predicted octanol–water partition coefficient (Wildman–Crippen LogP) is 1.82. The molecule has 1 aromatic carbocycles. The van der Waals surface area contributed by atoms with Crippen molar-refractivity contribution in [2.24, 2.45) is 0 Å². The third-order valence-electron chi connectivity index (χ3n) is 4.39. The molecule has 0 bridgehead atoms. The molecule has 0 amide bonds. The highest BCUT2D eigenvalue weighted by atomic mass is 16.6.